The lowest BCUT2D eigenvalue weighted by Gasteiger charge is -2.16. The molecule has 134 valence electrons. The summed E-state index contributed by atoms with van der Waals surface area (Å²) in [6.45, 7) is 0.0864. The third-order valence-electron chi connectivity index (χ3n) is 3.21. The molecule has 6 nitrogen and oxygen atoms in total. The molecule has 0 aromatic heterocycles. The number of hydrogen-bond acceptors (Lipinski definition) is 5. The predicted molar refractivity (Wildman–Crippen MR) is 93.4 cm³/mol. The van der Waals surface area contributed by atoms with Gasteiger partial charge in [0, 0.05) is 12.2 Å². The monoisotopic (exact) mass is 366 g/mol. The van der Waals surface area contributed by atoms with Gasteiger partial charge in [-0.15, -0.1) is 0 Å². The summed E-state index contributed by atoms with van der Waals surface area (Å²) in [7, 11) is -2.14. The maximum Gasteiger partial charge on any atom is 0.310 e. The van der Waals surface area contributed by atoms with E-state index in [2.05, 4.69) is 5.32 Å². The topological polar surface area (TPSA) is 75.7 Å². The first kappa shape index (κ1) is 18.9. The maximum absolute atomic E-state index is 13.1. The van der Waals surface area contributed by atoms with E-state index in [1.54, 1.807) is 48.3 Å². The second-order valence-electron chi connectivity index (χ2n) is 5.45. The first-order valence-corrected chi connectivity index (χ1v) is 9.13. The minimum absolute atomic E-state index is 0.0304. The molecule has 0 radical (unpaired) electrons. The Labute approximate surface area is 146 Å². The molecule has 0 saturated heterocycles. The van der Waals surface area contributed by atoms with E-state index in [9.17, 15) is 17.6 Å². The van der Waals surface area contributed by atoms with Gasteiger partial charge in [0.05, 0.1) is 12.3 Å². The average Bonchev–Trinajstić information content (AvgIpc) is 2.53. The van der Waals surface area contributed by atoms with Gasteiger partial charge in [-0.3, -0.25) is 9.69 Å². The van der Waals surface area contributed by atoms with Crippen LogP contribution in [0.1, 0.15) is 0 Å². The van der Waals surface area contributed by atoms with Crippen LogP contribution >= 0.6 is 0 Å². The summed E-state index contributed by atoms with van der Waals surface area (Å²) in [6.07, 6.45) is 0. The lowest BCUT2D eigenvalue weighted by molar-refractivity contribution is -0.117. The molecule has 0 saturated carbocycles. The average molecular weight is 366 g/mol. The molecular weight excluding hydrogens is 347 g/mol. The maximum atomic E-state index is 13.1. The van der Waals surface area contributed by atoms with Gasteiger partial charge in [-0.25, -0.2) is 4.39 Å². The quantitative estimate of drug-likeness (QED) is 0.724. The van der Waals surface area contributed by atoms with Crippen molar-refractivity contribution in [3.8, 4) is 5.75 Å². The molecule has 0 unspecified atom stereocenters. The summed E-state index contributed by atoms with van der Waals surface area (Å²) >= 11 is 0. The molecule has 0 atom stereocenters. The van der Waals surface area contributed by atoms with E-state index >= 15 is 0 Å². The Morgan fingerprint density at radius 2 is 1.88 bits per heavy atom. The van der Waals surface area contributed by atoms with Crippen molar-refractivity contribution < 1.29 is 21.8 Å². The van der Waals surface area contributed by atoms with Gasteiger partial charge in [0.1, 0.15) is 11.6 Å². The van der Waals surface area contributed by atoms with Crippen LogP contribution in [-0.2, 0) is 14.9 Å². The number of likely N-dealkylation sites (N-methyl/N-ethyl adjacent to an activating group) is 1. The molecule has 0 bridgehead atoms. The van der Waals surface area contributed by atoms with Crippen molar-refractivity contribution in [1.82, 2.24) is 4.90 Å². The molecule has 25 heavy (non-hydrogen) atoms. The summed E-state index contributed by atoms with van der Waals surface area (Å²) in [5, 5.41) is 2.55. The number of carbonyl (C=O) groups excluding carboxylic acids is 1. The molecule has 0 fully saturated rings. The summed E-state index contributed by atoms with van der Waals surface area (Å²) in [5.74, 6) is -0.829. The summed E-state index contributed by atoms with van der Waals surface area (Å²) in [5.41, 5.74) is 0.346. The van der Waals surface area contributed by atoms with Crippen LogP contribution in [0.25, 0.3) is 0 Å². The number of nitrogens with zero attached hydrogens (tertiary/aromatic N) is 1. The van der Waals surface area contributed by atoms with Gasteiger partial charge in [-0.2, -0.15) is 8.42 Å². The van der Waals surface area contributed by atoms with Crippen LogP contribution < -0.4 is 9.50 Å². The summed E-state index contributed by atoms with van der Waals surface area (Å²) in [6, 6.07) is 13.7. The minimum Gasteiger partial charge on any atom is -0.382 e. The Kier molecular flexibility index (Phi) is 6.49. The number of benzene rings is 2. The van der Waals surface area contributed by atoms with Crippen LogP contribution in [0, 0.1) is 5.82 Å². The zero-order chi connectivity index (χ0) is 18.3. The normalized spacial score (nSPS) is 11.3. The van der Waals surface area contributed by atoms with Gasteiger partial charge >= 0.3 is 10.1 Å². The van der Waals surface area contributed by atoms with E-state index in [4.69, 9.17) is 4.18 Å². The number of para-hydroxylation sites is 1. The van der Waals surface area contributed by atoms with Gasteiger partial charge < -0.3 is 9.50 Å². The van der Waals surface area contributed by atoms with E-state index in [1.807, 2.05) is 0 Å². The molecule has 2 aromatic rings. The number of amides is 1. The molecule has 1 amide bonds. The van der Waals surface area contributed by atoms with E-state index in [-0.39, 0.29) is 30.5 Å². The van der Waals surface area contributed by atoms with Crippen molar-refractivity contribution >= 4 is 21.7 Å². The molecule has 0 aliphatic heterocycles. The van der Waals surface area contributed by atoms with Gasteiger partial charge in [-0.05, 0) is 37.4 Å². The molecule has 2 aromatic carbocycles. The van der Waals surface area contributed by atoms with Gasteiger partial charge in [-0.1, -0.05) is 24.3 Å². The number of rotatable bonds is 8. The van der Waals surface area contributed by atoms with Crippen molar-refractivity contribution in [2.24, 2.45) is 0 Å². The van der Waals surface area contributed by atoms with Crippen molar-refractivity contribution in [2.45, 2.75) is 0 Å². The van der Waals surface area contributed by atoms with E-state index < -0.39 is 15.9 Å². The predicted octanol–water partition coefficient (Wildman–Crippen LogP) is 2.10. The highest BCUT2D eigenvalue weighted by Gasteiger charge is 2.15. The molecule has 8 heteroatoms. The Balaban J connectivity index is 1.79. The van der Waals surface area contributed by atoms with Crippen LogP contribution in [-0.4, -0.2) is 45.1 Å². The third-order valence-corrected chi connectivity index (χ3v) is 4.34. The minimum atomic E-state index is -3.75. The lowest BCUT2D eigenvalue weighted by Crippen LogP contribution is -2.34. The van der Waals surface area contributed by atoms with Crippen molar-refractivity contribution in [2.75, 3.05) is 31.2 Å². The highest BCUT2D eigenvalue weighted by molar-refractivity contribution is 7.87. The van der Waals surface area contributed by atoms with Crippen LogP contribution in [0.2, 0.25) is 0 Å². The van der Waals surface area contributed by atoms with Crippen LogP contribution in [0.15, 0.2) is 54.6 Å². The lowest BCUT2D eigenvalue weighted by atomic mass is 10.3. The number of anilines is 1. The zero-order valence-electron chi connectivity index (χ0n) is 13.7. The van der Waals surface area contributed by atoms with Crippen molar-refractivity contribution in [3.05, 3.63) is 60.4 Å². The van der Waals surface area contributed by atoms with Crippen molar-refractivity contribution in [1.29, 1.82) is 0 Å². The Morgan fingerprint density at radius 1 is 1.16 bits per heavy atom. The van der Waals surface area contributed by atoms with Crippen LogP contribution in [0.5, 0.6) is 5.75 Å². The highest BCUT2D eigenvalue weighted by Crippen LogP contribution is 2.12. The SMILES string of the molecule is CN(CCS(=O)(=O)Oc1ccccc1)CC(=O)Nc1cccc(F)c1. The van der Waals surface area contributed by atoms with Crippen molar-refractivity contribution in [3.63, 3.8) is 0 Å². The third kappa shape index (κ3) is 6.90. The summed E-state index contributed by atoms with van der Waals surface area (Å²) < 4.78 is 41.9. The van der Waals surface area contributed by atoms with Gasteiger partial charge in [0.25, 0.3) is 0 Å². The Bertz CT molecular complexity index is 812. The fourth-order valence-corrected chi connectivity index (χ4v) is 3.05. The molecule has 0 heterocycles. The van der Waals surface area contributed by atoms with Crippen LogP contribution in [0.4, 0.5) is 10.1 Å². The highest BCUT2D eigenvalue weighted by atomic mass is 32.2. The molecule has 0 aliphatic carbocycles. The number of hydrogen-bond donors (Lipinski definition) is 1. The molecule has 0 aliphatic rings. The first-order valence-electron chi connectivity index (χ1n) is 7.55. The Morgan fingerprint density at radius 3 is 2.56 bits per heavy atom. The number of nitrogens with one attached hydrogen (secondary N) is 1. The number of carbonyl (C=O) groups is 1. The second-order valence-corrected chi connectivity index (χ2v) is 7.14. The van der Waals surface area contributed by atoms with E-state index in [1.165, 1.54) is 18.2 Å². The van der Waals surface area contributed by atoms with Gasteiger partial charge in [0.15, 0.2) is 0 Å². The van der Waals surface area contributed by atoms with Crippen LogP contribution in [0.3, 0.4) is 0 Å². The van der Waals surface area contributed by atoms with Gasteiger partial charge in [0.2, 0.25) is 5.91 Å². The molecule has 0 spiro atoms. The fourth-order valence-electron chi connectivity index (χ4n) is 2.02. The Hall–Kier alpha value is -2.45. The van der Waals surface area contributed by atoms with E-state index in [0.717, 1.165) is 0 Å². The van der Waals surface area contributed by atoms with E-state index in [0.29, 0.717) is 5.69 Å². The summed E-state index contributed by atoms with van der Waals surface area (Å²) in [4.78, 5) is 13.4. The standard InChI is InChI=1S/C17H19FN2O4S/c1-20(13-17(21)19-15-7-5-6-14(18)12-15)10-11-25(22,23)24-16-8-3-2-4-9-16/h2-9,12H,10-11,13H2,1H3,(H,19,21). The second kappa shape index (κ2) is 8.59. The molecule has 1 N–H and O–H groups in total. The fraction of sp³-hybridized carbons (Fsp3) is 0.235. The smallest absolute Gasteiger partial charge is 0.310 e. The zero-order valence-corrected chi connectivity index (χ0v) is 14.5. The molecule has 2 rings (SSSR count). The number of halogens is 1. The first-order chi connectivity index (χ1) is 11.8. The largest absolute Gasteiger partial charge is 0.382 e. The molecular formula is C17H19FN2O4S.